The van der Waals surface area contributed by atoms with Crippen molar-refractivity contribution in [2.45, 2.75) is 13.8 Å². The summed E-state index contributed by atoms with van der Waals surface area (Å²) in [6.45, 7) is 2.85. The predicted octanol–water partition coefficient (Wildman–Crippen LogP) is 3.78. The van der Waals surface area contributed by atoms with E-state index in [1.54, 1.807) is 0 Å². The quantitative estimate of drug-likeness (QED) is 0.308. The number of aliphatic hydroxyl groups excluding tert-OH is 1. The molecule has 2 aromatic carbocycles. The number of ketones is 1. The van der Waals surface area contributed by atoms with Crippen LogP contribution in [0.15, 0.2) is 60.4 Å². The second-order valence-electron chi connectivity index (χ2n) is 5.92. The number of carbonyl (C=O) groups excluding carboxylic acids is 1. The molecule has 2 heterocycles. The summed E-state index contributed by atoms with van der Waals surface area (Å²) in [5.41, 5.74) is 3.87. The molecule has 0 spiro atoms. The number of fused-ring (bicyclic) bond motifs is 2. The van der Waals surface area contributed by atoms with Gasteiger partial charge >= 0.3 is 0 Å². The molecule has 0 saturated heterocycles. The number of hydrogen-bond donors (Lipinski definition) is 1. The van der Waals surface area contributed by atoms with Gasteiger partial charge in [0, 0.05) is 34.2 Å². The number of aromatic nitrogens is 4. The van der Waals surface area contributed by atoms with Gasteiger partial charge < -0.3 is 19.6 Å². The molecule has 2 aromatic heterocycles. The Balaban J connectivity index is 0.000000285. The smallest absolute Gasteiger partial charge is 0.155 e. The van der Waals surface area contributed by atoms with Gasteiger partial charge in [-0.3, -0.25) is 4.79 Å². The first kappa shape index (κ1) is 20.6. The molecule has 0 aliphatic heterocycles. The van der Waals surface area contributed by atoms with Crippen LogP contribution >= 0.6 is 0 Å². The van der Waals surface area contributed by atoms with E-state index in [4.69, 9.17) is 5.11 Å². The minimum absolute atomic E-state index is 0. The summed E-state index contributed by atoms with van der Waals surface area (Å²) in [5, 5.41) is 8.36. The predicted molar refractivity (Wildman–Crippen MR) is 102 cm³/mol. The molecule has 27 heavy (non-hydrogen) atoms. The Kier molecular flexibility index (Phi) is 6.69. The van der Waals surface area contributed by atoms with Gasteiger partial charge in [-0.2, -0.15) is 0 Å². The third-order valence-corrected chi connectivity index (χ3v) is 3.73. The Morgan fingerprint density at radius 3 is 2.22 bits per heavy atom. The summed E-state index contributed by atoms with van der Waals surface area (Å²) in [6.07, 6.45) is 1.17. The van der Waals surface area contributed by atoms with Crippen LogP contribution in [-0.4, -0.2) is 25.4 Å². The maximum absolute atomic E-state index is 10.0. The fraction of sp³-hybridized carbons (Fsp3) is 0.150. The standard InChI is InChI=1S/C15H11N4.C5H8O2.Pt/c1-19-13-9-5-4-8-12(13)18-15(19)14-16-10-6-2-3-7-11(10)17-14;1-4(6)3-5(2)7;/h2-9H,1H3;3,6H,1-2H3;/q-1;;/b;4-3-;. The Morgan fingerprint density at radius 2 is 1.67 bits per heavy atom. The van der Waals surface area contributed by atoms with Crippen molar-refractivity contribution < 1.29 is 31.0 Å². The first-order valence-electron chi connectivity index (χ1n) is 8.15. The molecule has 0 aliphatic carbocycles. The van der Waals surface area contributed by atoms with Gasteiger partial charge in [0.05, 0.1) is 16.8 Å². The topological polar surface area (TPSA) is 82.1 Å². The Morgan fingerprint density at radius 1 is 1.04 bits per heavy atom. The van der Waals surface area contributed by atoms with Crippen molar-refractivity contribution in [2.75, 3.05) is 0 Å². The van der Waals surface area contributed by atoms with Crippen LogP contribution in [0.4, 0.5) is 0 Å². The van der Waals surface area contributed by atoms with Crippen LogP contribution in [0.1, 0.15) is 13.8 Å². The molecule has 6 nitrogen and oxygen atoms in total. The first-order chi connectivity index (χ1) is 12.5. The largest absolute Gasteiger partial charge is 0.512 e. The van der Waals surface area contributed by atoms with E-state index in [1.807, 2.05) is 54.1 Å². The van der Waals surface area contributed by atoms with Gasteiger partial charge in [0.2, 0.25) is 0 Å². The maximum Gasteiger partial charge on any atom is 0.155 e. The van der Waals surface area contributed by atoms with Crippen molar-refractivity contribution in [3.63, 3.8) is 0 Å². The summed E-state index contributed by atoms with van der Waals surface area (Å²) in [6, 6.07) is 15.9. The number of imidazole rings is 2. The van der Waals surface area contributed by atoms with Crippen molar-refractivity contribution in [1.29, 1.82) is 0 Å². The molecule has 0 atom stereocenters. The number of aliphatic hydroxyl groups is 1. The van der Waals surface area contributed by atoms with Crippen molar-refractivity contribution in [1.82, 2.24) is 19.5 Å². The summed E-state index contributed by atoms with van der Waals surface area (Å²) in [5.74, 6) is 1.42. The van der Waals surface area contributed by atoms with E-state index in [9.17, 15) is 4.79 Å². The van der Waals surface area contributed by atoms with Crippen molar-refractivity contribution in [3.8, 4) is 11.6 Å². The number of benzene rings is 2. The van der Waals surface area contributed by atoms with Crippen molar-refractivity contribution in [2.24, 2.45) is 7.05 Å². The summed E-state index contributed by atoms with van der Waals surface area (Å²) in [7, 11) is 1.99. The van der Waals surface area contributed by atoms with Gasteiger partial charge in [-0.25, -0.2) is 4.98 Å². The molecule has 4 rings (SSSR count). The van der Waals surface area contributed by atoms with Gasteiger partial charge in [0.1, 0.15) is 5.82 Å². The van der Waals surface area contributed by atoms with E-state index < -0.39 is 0 Å². The Bertz CT molecular complexity index is 1070. The van der Waals surface area contributed by atoms with Gasteiger partial charge in [0.25, 0.3) is 0 Å². The SMILES string of the molecule is CC(=O)/C=C(/C)O.Cn1c(-c2nc3ccccc3[n-]2)nc2ccccc21.[Pt]. The molecule has 142 valence electrons. The first-order valence-corrected chi connectivity index (χ1v) is 8.15. The van der Waals surface area contributed by atoms with Gasteiger partial charge in [-0.1, -0.05) is 36.4 Å². The third kappa shape index (κ3) is 4.72. The number of rotatable bonds is 2. The average Bonchev–Trinajstić information content (AvgIpc) is 3.16. The average molecular weight is 542 g/mol. The molecule has 0 aliphatic rings. The third-order valence-electron chi connectivity index (χ3n) is 3.73. The minimum Gasteiger partial charge on any atom is -0.512 e. The molecule has 4 aromatic rings. The Hall–Kier alpha value is -2.72. The van der Waals surface area contributed by atoms with Crippen LogP contribution in [0.25, 0.3) is 33.7 Å². The monoisotopic (exact) mass is 542 g/mol. The van der Waals surface area contributed by atoms with E-state index in [0.29, 0.717) is 5.82 Å². The molecular weight excluding hydrogens is 523 g/mol. The second-order valence-corrected chi connectivity index (χ2v) is 5.92. The van der Waals surface area contributed by atoms with Crippen LogP contribution in [0.5, 0.6) is 0 Å². The molecule has 0 radical (unpaired) electrons. The van der Waals surface area contributed by atoms with Crippen LogP contribution < -0.4 is 4.98 Å². The molecular formula is C20H19N4O2Pt-. The summed E-state index contributed by atoms with van der Waals surface area (Å²) in [4.78, 5) is 23.7. The van der Waals surface area contributed by atoms with Crippen molar-refractivity contribution >= 4 is 27.9 Å². The normalized spacial score (nSPS) is 11.0. The molecule has 0 fully saturated rings. The molecule has 0 saturated carbocycles. The van der Waals surface area contributed by atoms with E-state index >= 15 is 0 Å². The molecule has 0 bridgehead atoms. The van der Waals surface area contributed by atoms with Crippen molar-refractivity contribution in [3.05, 3.63) is 60.4 Å². The van der Waals surface area contributed by atoms with E-state index in [0.717, 1.165) is 27.9 Å². The fourth-order valence-electron chi connectivity index (χ4n) is 2.65. The second kappa shape index (κ2) is 8.78. The number of aryl methyl sites for hydroxylation is 1. The van der Waals surface area contributed by atoms with Crippen LogP contribution in [-0.2, 0) is 32.9 Å². The van der Waals surface area contributed by atoms with Crippen LogP contribution in [0, 0.1) is 0 Å². The number of para-hydroxylation sites is 4. The van der Waals surface area contributed by atoms with Gasteiger partial charge in [-0.15, -0.1) is 0 Å². The van der Waals surface area contributed by atoms with Crippen LogP contribution in [0.2, 0.25) is 0 Å². The maximum atomic E-state index is 10.0. The zero-order chi connectivity index (χ0) is 18.7. The summed E-state index contributed by atoms with van der Waals surface area (Å²) < 4.78 is 2.03. The molecule has 0 amide bonds. The molecule has 7 heteroatoms. The number of nitrogens with zero attached hydrogens (tertiary/aromatic N) is 4. The van der Waals surface area contributed by atoms with E-state index in [-0.39, 0.29) is 32.6 Å². The minimum atomic E-state index is -0.125. The van der Waals surface area contributed by atoms with Gasteiger partial charge in [-0.05, 0) is 42.8 Å². The Labute approximate surface area is 171 Å². The summed E-state index contributed by atoms with van der Waals surface area (Å²) >= 11 is 0. The van der Waals surface area contributed by atoms with E-state index in [1.165, 1.54) is 19.9 Å². The zero-order valence-corrected chi connectivity index (χ0v) is 17.4. The number of carbonyl (C=O) groups is 1. The zero-order valence-electron chi connectivity index (χ0n) is 15.2. The molecule has 1 N–H and O–H groups in total. The fourth-order valence-corrected chi connectivity index (χ4v) is 2.65. The number of allylic oxidation sites excluding steroid dienone is 2. The molecule has 0 unspecified atom stereocenters. The van der Waals surface area contributed by atoms with Gasteiger partial charge in [0.15, 0.2) is 5.78 Å². The van der Waals surface area contributed by atoms with Crippen LogP contribution in [0.3, 0.4) is 0 Å². The number of hydrogen-bond acceptors (Lipinski definition) is 4. The van der Waals surface area contributed by atoms with E-state index in [2.05, 4.69) is 21.0 Å².